The van der Waals surface area contributed by atoms with E-state index in [1.165, 1.54) is 11.0 Å². The first-order valence-corrected chi connectivity index (χ1v) is 15.1. The molecule has 230 valence electrons. The van der Waals surface area contributed by atoms with Crippen LogP contribution in [0.15, 0.2) is 73.1 Å². The van der Waals surface area contributed by atoms with Crippen molar-refractivity contribution in [1.82, 2.24) is 24.8 Å². The lowest BCUT2D eigenvalue weighted by Crippen LogP contribution is -2.44. The normalized spacial score (nSPS) is 14.6. The van der Waals surface area contributed by atoms with E-state index in [4.69, 9.17) is 16.6 Å². The van der Waals surface area contributed by atoms with Crippen LogP contribution in [0.4, 0.5) is 16.4 Å². The molecule has 1 aliphatic heterocycles. The number of likely N-dealkylation sites (tertiary alicyclic amines) is 1. The van der Waals surface area contributed by atoms with Gasteiger partial charge in [0.05, 0.1) is 16.9 Å². The summed E-state index contributed by atoms with van der Waals surface area (Å²) in [6.07, 6.45) is 7.42. The molecule has 0 bridgehead atoms. The largest absolute Gasteiger partial charge is 0.465 e. The van der Waals surface area contributed by atoms with Gasteiger partial charge in [0, 0.05) is 72.2 Å². The number of hydrogen-bond donors (Lipinski definition) is 4. The molecule has 0 unspecified atom stereocenters. The summed E-state index contributed by atoms with van der Waals surface area (Å²) in [4.78, 5) is 40.0. The summed E-state index contributed by atoms with van der Waals surface area (Å²) in [6, 6.07) is 16.1. The van der Waals surface area contributed by atoms with Crippen molar-refractivity contribution in [1.29, 1.82) is 0 Å². The Hall–Kier alpha value is -4.41. The summed E-state index contributed by atoms with van der Waals surface area (Å²) in [5.74, 6) is 0.277. The van der Waals surface area contributed by atoms with Crippen molar-refractivity contribution >= 4 is 46.1 Å². The molecule has 10 nitrogen and oxygen atoms in total. The van der Waals surface area contributed by atoms with Crippen LogP contribution < -0.4 is 10.6 Å². The van der Waals surface area contributed by atoms with E-state index >= 15 is 0 Å². The highest BCUT2D eigenvalue weighted by molar-refractivity contribution is 6.33. The number of halogens is 1. The number of benzene rings is 2. The first-order chi connectivity index (χ1) is 21.1. The lowest BCUT2D eigenvalue weighted by atomic mass is 10.0. The summed E-state index contributed by atoms with van der Waals surface area (Å²) < 4.78 is 0. The highest BCUT2D eigenvalue weighted by Crippen LogP contribution is 2.32. The number of aromatic amines is 1. The van der Waals surface area contributed by atoms with Gasteiger partial charge in [0.2, 0.25) is 11.9 Å². The second-order valence-corrected chi connectivity index (χ2v) is 12.4. The minimum atomic E-state index is -1.02. The summed E-state index contributed by atoms with van der Waals surface area (Å²) in [6.45, 7) is 8.27. The summed E-state index contributed by atoms with van der Waals surface area (Å²) in [7, 11) is 0. The smallest absolute Gasteiger partial charge is 0.408 e. The van der Waals surface area contributed by atoms with Gasteiger partial charge in [0.15, 0.2) is 0 Å². The van der Waals surface area contributed by atoms with Crippen LogP contribution in [-0.2, 0) is 11.3 Å². The van der Waals surface area contributed by atoms with Crippen molar-refractivity contribution in [3.63, 3.8) is 0 Å². The van der Waals surface area contributed by atoms with Gasteiger partial charge >= 0.3 is 6.09 Å². The van der Waals surface area contributed by atoms with Gasteiger partial charge in [-0.3, -0.25) is 14.6 Å². The van der Waals surface area contributed by atoms with Crippen LogP contribution in [0.3, 0.4) is 0 Å². The molecule has 4 aromatic rings. The molecule has 2 aromatic carbocycles. The van der Waals surface area contributed by atoms with Crippen molar-refractivity contribution < 1.29 is 14.7 Å². The van der Waals surface area contributed by atoms with E-state index in [1.54, 1.807) is 12.3 Å². The predicted octanol–water partition coefficient (Wildman–Crippen LogP) is 6.63. The number of carbonyl (C=O) groups is 2. The summed E-state index contributed by atoms with van der Waals surface area (Å²) in [5.41, 5.74) is 4.00. The van der Waals surface area contributed by atoms with Gasteiger partial charge in [0.25, 0.3) is 0 Å². The van der Waals surface area contributed by atoms with Crippen molar-refractivity contribution in [2.24, 2.45) is 0 Å². The number of para-hydroxylation sites is 1. The molecule has 2 amide bonds. The zero-order valence-electron chi connectivity index (χ0n) is 25.2. The molecule has 0 aliphatic carbocycles. The number of fused-ring (bicyclic) bond motifs is 1. The molecule has 44 heavy (non-hydrogen) atoms. The fourth-order valence-corrected chi connectivity index (χ4v) is 5.54. The Bertz CT molecular complexity index is 1640. The van der Waals surface area contributed by atoms with Crippen molar-refractivity contribution in [3.8, 4) is 11.3 Å². The van der Waals surface area contributed by atoms with E-state index < -0.39 is 11.6 Å². The molecule has 3 heterocycles. The number of carbonyl (C=O) groups excluding carboxylic acids is 1. The standard InChI is InChI=1S/C33H38ClN7O3/c1-33(2,3)41(32(43)44)16-6-9-29(42)37-23-12-10-22(11-13-23)21-40-17-14-24(15-18-40)38-31-36-20-27(34)30(39-31)26-19-35-28-8-5-4-7-25(26)28/h4-13,19-20,24,35H,14-18,21H2,1-3H3,(H,37,42)(H,43,44)(H,36,38,39). The molecule has 1 fully saturated rings. The zero-order chi connectivity index (χ0) is 31.3. The number of hydrogen-bond acceptors (Lipinski definition) is 6. The maximum absolute atomic E-state index is 12.3. The van der Waals surface area contributed by atoms with Gasteiger partial charge in [-0.25, -0.2) is 14.8 Å². The van der Waals surface area contributed by atoms with Crippen molar-refractivity contribution in [3.05, 3.63) is 83.7 Å². The molecule has 0 saturated carbocycles. The number of carboxylic acid groups (broad SMARTS) is 1. The van der Waals surface area contributed by atoms with Crippen LogP contribution in [0.2, 0.25) is 5.02 Å². The van der Waals surface area contributed by atoms with Crippen molar-refractivity contribution in [2.45, 2.75) is 51.7 Å². The Morgan fingerprint density at radius 3 is 2.57 bits per heavy atom. The lowest BCUT2D eigenvalue weighted by molar-refractivity contribution is -0.111. The third kappa shape index (κ3) is 7.75. The van der Waals surface area contributed by atoms with E-state index in [-0.39, 0.29) is 18.5 Å². The van der Waals surface area contributed by atoms with Gasteiger partial charge in [0.1, 0.15) is 0 Å². The van der Waals surface area contributed by atoms with Crippen LogP contribution in [0.5, 0.6) is 0 Å². The topological polar surface area (TPSA) is 126 Å². The monoisotopic (exact) mass is 615 g/mol. The van der Waals surface area contributed by atoms with E-state index in [0.29, 0.717) is 22.4 Å². The summed E-state index contributed by atoms with van der Waals surface area (Å²) >= 11 is 6.50. The predicted molar refractivity (Wildman–Crippen MR) is 175 cm³/mol. The molecular weight excluding hydrogens is 578 g/mol. The first kappa shape index (κ1) is 31.0. The van der Waals surface area contributed by atoms with Gasteiger partial charge in [-0.1, -0.05) is 48.0 Å². The minimum absolute atomic E-state index is 0.135. The Morgan fingerprint density at radius 2 is 1.86 bits per heavy atom. The quantitative estimate of drug-likeness (QED) is 0.156. The average molecular weight is 616 g/mol. The molecular formula is C33H38ClN7O3. The molecule has 0 atom stereocenters. The maximum Gasteiger partial charge on any atom is 0.408 e. The van der Waals surface area contributed by atoms with Gasteiger partial charge in [-0.2, -0.15) is 0 Å². The number of amides is 2. The van der Waals surface area contributed by atoms with E-state index in [2.05, 4.69) is 31.6 Å². The highest BCUT2D eigenvalue weighted by Gasteiger charge is 2.25. The molecule has 5 rings (SSSR count). The number of piperidine rings is 1. The number of anilines is 2. The van der Waals surface area contributed by atoms with Gasteiger partial charge in [-0.05, 0) is 57.4 Å². The Labute approximate surface area is 262 Å². The van der Waals surface area contributed by atoms with Crippen LogP contribution in [0.1, 0.15) is 39.2 Å². The Morgan fingerprint density at radius 1 is 1.14 bits per heavy atom. The molecule has 1 saturated heterocycles. The van der Waals surface area contributed by atoms with E-state index in [0.717, 1.165) is 54.5 Å². The van der Waals surface area contributed by atoms with Crippen LogP contribution >= 0.6 is 11.6 Å². The van der Waals surface area contributed by atoms with E-state index in [1.807, 2.05) is 69.4 Å². The SMILES string of the molecule is CC(C)(C)N(CC=CC(=O)Nc1ccc(CN2CCC(Nc3ncc(Cl)c(-c4c[nH]c5ccccc45)n3)CC2)cc1)C(=O)O. The number of nitrogens with zero attached hydrogens (tertiary/aromatic N) is 4. The van der Waals surface area contributed by atoms with Crippen molar-refractivity contribution in [2.75, 3.05) is 30.3 Å². The summed E-state index contributed by atoms with van der Waals surface area (Å²) in [5, 5.41) is 17.3. The molecule has 11 heteroatoms. The number of H-pyrrole nitrogens is 1. The number of nitrogens with one attached hydrogen (secondary N) is 3. The minimum Gasteiger partial charge on any atom is -0.465 e. The van der Waals surface area contributed by atoms with Crippen LogP contribution in [-0.4, -0.2) is 73.1 Å². The second kappa shape index (κ2) is 13.5. The highest BCUT2D eigenvalue weighted by atomic mass is 35.5. The molecule has 2 aromatic heterocycles. The first-order valence-electron chi connectivity index (χ1n) is 14.7. The number of aromatic nitrogens is 3. The fraction of sp³-hybridized carbons (Fsp3) is 0.333. The van der Waals surface area contributed by atoms with Crippen LogP contribution in [0, 0.1) is 0 Å². The van der Waals surface area contributed by atoms with E-state index in [9.17, 15) is 14.7 Å². The third-order valence-corrected chi connectivity index (χ3v) is 8.01. The average Bonchev–Trinajstić information content (AvgIpc) is 3.41. The molecule has 0 radical (unpaired) electrons. The molecule has 1 aliphatic rings. The maximum atomic E-state index is 12.3. The van der Waals surface area contributed by atoms with Crippen LogP contribution in [0.25, 0.3) is 22.2 Å². The Balaban J connectivity index is 1.09. The third-order valence-electron chi connectivity index (χ3n) is 7.73. The fourth-order valence-electron chi connectivity index (χ4n) is 5.35. The second-order valence-electron chi connectivity index (χ2n) is 12.0. The molecule has 4 N–H and O–H groups in total. The Kier molecular flexibility index (Phi) is 9.51. The molecule has 0 spiro atoms. The van der Waals surface area contributed by atoms with Gasteiger partial charge < -0.3 is 20.7 Å². The lowest BCUT2D eigenvalue weighted by Gasteiger charge is -2.32. The van der Waals surface area contributed by atoms with Gasteiger partial charge in [-0.15, -0.1) is 0 Å². The number of rotatable bonds is 9. The zero-order valence-corrected chi connectivity index (χ0v) is 25.9.